The first-order valence-corrected chi connectivity index (χ1v) is 4.15. The molecule has 0 aliphatic heterocycles. The Hall–Kier alpha value is -0.480. The summed E-state index contributed by atoms with van der Waals surface area (Å²) in [7, 11) is 1.28. The van der Waals surface area contributed by atoms with Crippen LogP contribution in [-0.2, 0) is 0 Å². The molecule has 1 aromatic carbocycles. The van der Waals surface area contributed by atoms with E-state index in [0.717, 1.165) is 0 Å². The second kappa shape index (κ2) is 3.49. The SMILES string of the molecule is COc1c(Cl)cc(Br)c(O)c1F. The number of phenols is 1. The van der Waals surface area contributed by atoms with Crippen LogP contribution in [0.1, 0.15) is 0 Å². The van der Waals surface area contributed by atoms with Crippen molar-refractivity contribution in [2.24, 2.45) is 0 Å². The first-order valence-electron chi connectivity index (χ1n) is 2.98. The highest BCUT2D eigenvalue weighted by molar-refractivity contribution is 9.10. The Labute approximate surface area is 82.0 Å². The van der Waals surface area contributed by atoms with E-state index in [1.54, 1.807) is 0 Å². The summed E-state index contributed by atoms with van der Waals surface area (Å²) in [4.78, 5) is 0. The number of hydrogen-bond donors (Lipinski definition) is 1. The quantitative estimate of drug-likeness (QED) is 0.836. The van der Waals surface area contributed by atoms with Crippen LogP contribution in [0, 0.1) is 5.82 Å². The molecule has 0 saturated heterocycles. The summed E-state index contributed by atoms with van der Waals surface area (Å²) in [5.41, 5.74) is 0. The van der Waals surface area contributed by atoms with Crippen LogP contribution < -0.4 is 4.74 Å². The molecule has 12 heavy (non-hydrogen) atoms. The van der Waals surface area contributed by atoms with Crippen LogP contribution in [0.3, 0.4) is 0 Å². The van der Waals surface area contributed by atoms with Crippen molar-refractivity contribution >= 4 is 27.5 Å². The van der Waals surface area contributed by atoms with Crippen molar-refractivity contribution in [3.05, 3.63) is 21.4 Å². The molecule has 0 bridgehead atoms. The van der Waals surface area contributed by atoms with E-state index in [1.165, 1.54) is 13.2 Å². The molecule has 2 nitrogen and oxygen atoms in total. The minimum absolute atomic E-state index is 0.111. The average Bonchev–Trinajstić information content (AvgIpc) is 2.01. The van der Waals surface area contributed by atoms with Gasteiger partial charge in [-0.1, -0.05) is 11.6 Å². The lowest BCUT2D eigenvalue weighted by atomic mass is 10.3. The zero-order chi connectivity index (χ0) is 9.30. The maximum atomic E-state index is 13.0. The molecule has 0 heterocycles. The zero-order valence-corrected chi connectivity index (χ0v) is 8.41. The minimum Gasteiger partial charge on any atom is -0.504 e. The lowest BCUT2D eigenvalue weighted by molar-refractivity contribution is 0.363. The standard InChI is InChI=1S/C7H5BrClFO2/c1-12-7-4(9)2-3(8)6(11)5(7)10/h2,11H,1H3. The van der Waals surface area contributed by atoms with Gasteiger partial charge in [0.2, 0.25) is 5.82 Å². The van der Waals surface area contributed by atoms with Gasteiger partial charge in [-0.2, -0.15) is 4.39 Å². The van der Waals surface area contributed by atoms with Gasteiger partial charge in [0.1, 0.15) is 0 Å². The molecule has 0 saturated carbocycles. The number of aromatic hydroxyl groups is 1. The molecule has 66 valence electrons. The summed E-state index contributed by atoms with van der Waals surface area (Å²) in [5, 5.41) is 9.19. The Morgan fingerprint density at radius 1 is 1.67 bits per heavy atom. The van der Waals surface area contributed by atoms with Crippen molar-refractivity contribution in [2.75, 3.05) is 7.11 Å². The highest BCUT2D eigenvalue weighted by Gasteiger charge is 2.15. The van der Waals surface area contributed by atoms with E-state index in [1.807, 2.05) is 0 Å². The lowest BCUT2D eigenvalue weighted by Gasteiger charge is -2.06. The third-order valence-corrected chi connectivity index (χ3v) is 2.19. The molecule has 0 spiro atoms. The molecule has 0 aromatic heterocycles. The van der Waals surface area contributed by atoms with Gasteiger partial charge in [0.15, 0.2) is 11.5 Å². The fourth-order valence-electron chi connectivity index (χ4n) is 0.749. The maximum absolute atomic E-state index is 13.0. The molecule has 0 aliphatic rings. The third kappa shape index (κ3) is 1.49. The molecule has 0 fully saturated rings. The minimum atomic E-state index is -0.864. The van der Waals surface area contributed by atoms with Gasteiger partial charge in [-0.3, -0.25) is 0 Å². The van der Waals surface area contributed by atoms with Gasteiger partial charge in [-0.05, 0) is 22.0 Å². The van der Waals surface area contributed by atoms with Gasteiger partial charge >= 0.3 is 0 Å². The van der Waals surface area contributed by atoms with E-state index in [4.69, 9.17) is 16.7 Å². The second-order valence-electron chi connectivity index (χ2n) is 2.04. The summed E-state index contributed by atoms with van der Waals surface area (Å²) < 4.78 is 17.9. The molecule has 0 aliphatic carbocycles. The molecular weight excluding hydrogens is 250 g/mol. The van der Waals surface area contributed by atoms with E-state index in [0.29, 0.717) is 0 Å². The first kappa shape index (κ1) is 9.61. The predicted molar refractivity (Wildman–Crippen MR) is 47.3 cm³/mol. The topological polar surface area (TPSA) is 29.5 Å². The molecule has 0 atom stereocenters. The maximum Gasteiger partial charge on any atom is 0.209 e. The van der Waals surface area contributed by atoms with Crippen LogP contribution in [-0.4, -0.2) is 12.2 Å². The Kier molecular flexibility index (Phi) is 2.80. The number of methoxy groups -OCH3 is 1. The van der Waals surface area contributed by atoms with Gasteiger partial charge in [0, 0.05) is 0 Å². The van der Waals surface area contributed by atoms with Crippen LogP contribution in [0.4, 0.5) is 4.39 Å². The summed E-state index contributed by atoms with van der Waals surface area (Å²) >= 11 is 8.53. The predicted octanol–water partition coefficient (Wildman–Crippen LogP) is 2.96. The van der Waals surface area contributed by atoms with Gasteiger partial charge in [-0.15, -0.1) is 0 Å². The molecule has 5 heteroatoms. The van der Waals surface area contributed by atoms with E-state index < -0.39 is 11.6 Å². The fraction of sp³-hybridized carbons (Fsp3) is 0.143. The van der Waals surface area contributed by atoms with Crippen molar-refractivity contribution in [2.45, 2.75) is 0 Å². The molecule has 1 rings (SSSR count). The molecule has 0 radical (unpaired) electrons. The third-order valence-electron chi connectivity index (χ3n) is 1.31. The van der Waals surface area contributed by atoms with E-state index in [2.05, 4.69) is 20.7 Å². The number of ether oxygens (including phenoxy) is 1. The molecule has 1 N–H and O–H groups in total. The van der Waals surface area contributed by atoms with Crippen LogP contribution in [0.15, 0.2) is 10.5 Å². The zero-order valence-electron chi connectivity index (χ0n) is 6.07. The van der Waals surface area contributed by atoms with Crippen LogP contribution in [0.25, 0.3) is 0 Å². The Morgan fingerprint density at radius 2 is 2.25 bits per heavy atom. The lowest BCUT2D eigenvalue weighted by Crippen LogP contribution is -1.90. The molecule has 1 aromatic rings. The number of rotatable bonds is 1. The number of phenolic OH excluding ortho intramolecular Hbond substituents is 1. The normalized spacial score (nSPS) is 10.0. The fourth-order valence-corrected chi connectivity index (χ4v) is 1.55. The van der Waals surface area contributed by atoms with E-state index >= 15 is 0 Å². The smallest absolute Gasteiger partial charge is 0.209 e. The largest absolute Gasteiger partial charge is 0.504 e. The second-order valence-corrected chi connectivity index (χ2v) is 3.30. The number of hydrogen-bond acceptors (Lipinski definition) is 2. The number of benzene rings is 1. The summed E-state index contributed by atoms with van der Waals surface area (Å²) in [6.45, 7) is 0. The average molecular weight is 255 g/mol. The molecule has 0 amide bonds. The van der Waals surface area contributed by atoms with Crippen LogP contribution in [0.2, 0.25) is 5.02 Å². The van der Waals surface area contributed by atoms with Crippen LogP contribution >= 0.6 is 27.5 Å². The van der Waals surface area contributed by atoms with Gasteiger partial charge in [0.25, 0.3) is 0 Å². The van der Waals surface area contributed by atoms with Gasteiger partial charge < -0.3 is 9.84 Å². The van der Waals surface area contributed by atoms with Crippen molar-refractivity contribution < 1.29 is 14.2 Å². The Bertz CT molecular complexity index is 317. The first-order chi connectivity index (χ1) is 5.57. The molecule has 0 unspecified atom stereocenters. The Morgan fingerprint density at radius 3 is 2.75 bits per heavy atom. The van der Waals surface area contributed by atoms with Gasteiger partial charge in [-0.25, -0.2) is 0 Å². The highest BCUT2D eigenvalue weighted by atomic mass is 79.9. The molecular formula is C7H5BrClFO2. The highest BCUT2D eigenvalue weighted by Crippen LogP contribution is 2.38. The van der Waals surface area contributed by atoms with Crippen molar-refractivity contribution in [1.82, 2.24) is 0 Å². The monoisotopic (exact) mass is 254 g/mol. The van der Waals surface area contributed by atoms with Crippen molar-refractivity contribution in [1.29, 1.82) is 0 Å². The summed E-state index contributed by atoms with van der Waals surface area (Å²) in [5.74, 6) is -1.52. The number of halogens is 3. The van der Waals surface area contributed by atoms with E-state index in [-0.39, 0.29) is 15.2 Å². The van der Waals surface area contributed by atoms with E-state index in [9.17, 15) is 4.39 Å². The summed E-state index contributed by atoms with van der Waals surface area (Å²) in [6.07, 6.45) is 0. The van der Waals surface area contributed by atoms with Crippen LogP contribution in [0.5, 0.6) is 11.5 Å². The Balaban J connectivity index is 3.40. The van der Waals surface area contributed by atoms with Gasteiger partial charge in [0.05, 0.1) is 16.6 Å². The van der Waals surface area contributed by atoms with Crippen molar-refractivity contribution in [3.63, 3.8) is 0 Å². The summed E-state index contributed by atoms with van der Waals surface area (Å²) in [6, 6.07) is 1.36. The van der Waals surface area contributed by atoms with Crippen molar-refractivity contribution in [3.8, 4) is 11.5 Å².